The Bertz CT molecular complexity index is 1240. The van der Waals surface area contributed by atoms with Crippen LogP contribution in [0, 0.1) is 6.92 Å². The molecule has 0 bridgehead atoms. The van der Waals surface area contributed by atoms with E-state index in [1.165, 1.54) is 7.11 Å². The van der Waals surface area contributed by atoms with Gasteiger partial charge < -0.3 is 14.6 Å². The van der Waals surface area contributed by atoms with Gasteiger partial charge in [0.05, 0.1) is 36.3 Å². The molecule has 0 aliphatic carbocycles. The van der Waals surface area contributed by atoms with Crippen molar-refractivity contribution in [1.29, 1.82) is 0 Å². The van der Waals surface area contributed by atoms with Crippen molar-refractivity contribution in [3.63, 3.8) is 0 Å². The zero-order chi connectivity index (χ0) is 22.0. The lowest BCUT2D eigenvalue weighted by Crippen LogP contribution is -2.27. The smallest absolute Gasteiger partial charge is 0.337 e. The lowest BCUT2D eigenvalue weighted by Gasteiger charge is -2.16. The normalized spacial score (nSPS) is 12.0. The summed E-state index contributed by atoms with van der Waals surface area (Å²) < 4.78 is 6.80. The number of hydrogen-bond acceptors (Lipinski definition) is 5. The Labute approximate surface area is 184 Å². The van der Waals surface area contributed by atoms with Crippen LogP contribution in [0.3, 0.4) is 0 Å². The van der Waals surface area contributed by atoms with E-state index >= 15 is 0 Å². The third-order valence-electron chi connectivity index (χ3n) is 5.18. The number of amides is 1. The van der Waals surface area contributed by atoms with E-state index in [1.54, 1.807) is 23.5 Å². The number of rotatable bonds is 6. The summed E-state index contributed by atoms with van der Waals surface area (Å²) in [6, 6.07) is 14.6. The highest BCUT2D eigenvalue weighted by molar-refractivity contribution is 7.09. The number of aryl methyl sites for hydroxylation is 1. The fourth-order valence-corrected chi connectivity index (χ4v) is 4.35. The average Bonchev–Trinajstić information content (AvgIpc) is 3.39. The predicted molar refractivity (Wildman–Crippen MR) is 122 cm³/mol. The van der Waals surface area contributed by atoms with E-state index in [0.29, 0.717) is 17.7 Å². The first kappa shape index (κ1) is 20.8. The molecule has 1 atom stereocenters. The number of nitrogens with one attached hydrogen (secondary N) is 1. The van der Waals surface area contributed by atoms with E-state index in [4.69, 9.17) is 4.74 Å². The highest BCUT2D eigenvalue weighted by Gasteiger charge is 2.17. The van der Waals surface area contributed by atoms with E-state index in [0.717, 1.165) is 27.2 Å². The van der Waals surface area contributed by atoms with Crippen molar-refractivity contribution in [3.05, 3.63) is 87.5 Å². The van der Waals surface area contributed by atoms with Gasteiger partial charge in [0.1, 0.15) is 5.01 Å². The Morgan fingerprint density at radius 1 is 1.16 bits per heavy atom. The van der Waals surface area contributed by atoms with Gasteiger partial charge in [-0.05, 0) is 43.7 Å². The zero-order valence-corrected chi connectivity index (χ0v) is 18.4. The van der Waals surface area contributed by atoms with Crippen molar-refractivity contribution in [2.75, 3.05) is 7.11 Å². The number of hydrogen-bond donors (Lipinski definition) is 1. The number of carbonyl (C=O) groups is 2. The van der Waals surface area contributed by atoms with Crippen LogP contribution in [0.25, 0.3) is 10.9 Å². The van der Waals surface area contributed by atoms with E-state index in [-0.39, 0.29) is 17.9 Å². The number of thiazole rings is 1. The quantitative estimate of drug-likeness (QED) is 0.446. The minimum Gasteiger partial charge on any atom is -0.465 e. The number of carbonyl (C=O) groups excluding carboxylic acids is 2. The number of esters is 1. The first-order valence-electron chi connectivity index (χ1n) is 9.94. The number of ether oxygens (including phenoxy) is 1. The number of nitrogens with zero attached hydrogens (tertiary/aromatic N) is 2. The largest absolute Gasteiger partial charge is 0.465 e. The van der Waals surface area contributed by atoms with Crippen molar-refractivity contribution in [3.8, 4) is 0 Å². The molecule has 158 valence electrons. The highest BCUT2D eigenvalue weighted by Crippen LogP contribution is 2.24. The van der Waals surface area contributed by atoms with Crippen LogP contribution in [0.2, 0.25) is 0 Å². The van der Waals surface area contributed by atoms with Gasteiger partial charge in [-0.25, -0.2) is 9.78 Å². The molecule has 0 saturated carbocycles. The molecular weight excluding hydrogens is 410 g/mol. The van der Waals surface area contributed by atoms with Gasteiger partial charge in [-0.3, -0.25) is 4.79 Å². The maximum Gasteiger partial charge on any atom is 0.337 e. The summed E-state index contributed by atoms with van der Waals surface area (Å²) in [6.45, 7) is 4.52. The van der Waals surface area contributed by atoms with Gasteiger partial charge in [-0.1, -0.05) is 24.3 Å². The van der Waals surface area contributed by atoms with Crippen molar-refractivity contribution < 1.29 is 14.3 Å². The first-order valence-corrected chi connectivity index (χ1v) is 10.8. The van der Waals surface area contributed by atoms with E-state index in [2.05, 4.69) is 14.9 Å². The number of benzene rings is 2. The predicted octanol–water partition coefficient (Wildman–Crippen LogP) is 4.73. The van der Waals surface area contributed by atoms with Crippen LogP contribution in [0.4, 0.5) is 0 Å². The molecule has 31 heavy (non-hydrogen) atoms. The van der Waals surface area contributed by atoms with Gasteiger partial charge in [-0.2, -0.15) is 0 Å². The van der Waals surface area contributed by atoms with Crippen LogP contribution in [-0.4, -0.2) is 28.5 Å². The molecule has 0 spiro atoms. The second kappa shape index (κ2) is 8.73. The Kier molecular flexibility index (Phi) is 5.86. The molecule has 0 radical (unpaired) electrons. The Morgan fingerprint density at radius 2 is 1.94 bits per heavy atom. The van der Waals surface area contributed by atoms with Crippen molar-refractivity contribution in [2.24, 2.45) is 0 Å². The number of fused-ring (bicyclic) bond motifs is 1. The fraction of sp³-hybridized carbons (Fsp3) is 0.208. The highest BCUT2D eigenvalue weighted by atomic mass is 32.1. The Hall–Kier alpha value is -3.45. The summed E-state index contributed by atoms with van der Waals surface area (Å²) in [6.07, 6.45) is 1.99. The second-order valence-electron chi connectivity index (χ2n) is 7.38. The average molecular weight is 434 g/mol. The third-order valence-corrected chi connectivity index (χ3v) is 6.14. The van der Waals surface area contributed by atoms with Crippen LogP contribution >= 0.6 is 11.3 Å². The van der Waals surface area contributed by atoms with Gasteiger partial charge in [0.2, 0.25) is 0 Å². The molecule has 1 N–H and O–H groups in total. The summed E-state index contributed by atoms with van der Waals surface area (Å²) in [5.41, 5.74) is 3.89. The molecule has 0 fully saturated rings. The van der Waals surface area contributed by atoms with Gasteiger partial charge >= 0.3 is 5.97 Å². The standard InChI is InChI=1S/C24H23N3O3S/c1-15-14-31-21(25-15)13-27-12-11-18-5-4-6-20(22(18)27)23(28)26-16(2)17-7-9-19(10-8-17)24(29)30-3/h4-12,14,16H,13H2,1-3H3,(H,26,28)/t16-/m0/s1. The molecule has 2 aromatic carbocycles. The number of methoxy groups -OCH3 is 1. The third kappa shape index (κ3) is 4.36. The van der Waals surface area contributed by atoms with Gasteiger partial charge in [-0.15, -0.1) is 11.3 Å². The molecule has 0 aliphatic rings. The van der Waals surface area contributed by atoms with Gasteiger partial charge in [0, 0.05) is 22.7 Å². The number of aromatic nitrogens is 2. The Balaban J connectivity index is 1.57. The lowest BCUT2D eigenvalue weighted by atomic mass is 10.0. The molecule has 2 heterocycles. The molecule has 4 rings (SSSR count). The van der Waals surface area contributed by atoms with E-state index < -0.39 is 0 Å². The monoisotopic (exact) mass is 433 g/mol. The first-order chi connectivity index (χ1) is 15.0. The topological polar surface area (TPSA) is 73.2 Å². The number of para-hydroxylation sites is 1. The Morgan fingerprint density at radius 3 is 2.61 bits per heavy atom. The van der Waals surface area contributed by atoms with Gasteiger partial charge in [0.15, 0.2) is 0 Å². The molecule has 0 unspecified atom stereocenters. The van der Waals surface area contributed by atoms with Crippen LogP contribution in [0.5, 0.6) is 0 Å². The molecule has 4 aromatic rings. The summed E-state index contributed by atoms with van der Waals surface area (Å²) in [5, 5.41) is 7.11. The lowest BCUT2D eigenvalue weighted by molar-refractivity contribution is 0.0600. The summed E-state index contributed by atoms with van der Waals surface area (Å²) >= 11 is 1.62. The summed E-state index contributed by atoms with van der Waals surface area (Å²) in [4.78, 5) is 29.3. The van der Waals surface area contributed by atoms with Crippen molar-refractivity contribution >= 4 is 34.1 Å². The van der Waals surface area contributed by atoms with Crippen LogP contribution < -0.4 is 5.32 Å². The fourth-order valence-electron chi connectivity index (χ4n) is 3.58. The molecule has 0 saturated heterocycles. The molecular formula is C24H23N3O3S. The van der Waals surface area contributed by atoms with Crippen LogP contribution in [0.15, 0.2) is 60.1 Å². The molecule has 1 amide bonds. The SMILES string of the molecule is COC(=O)c1ccc([C@H](C)NC(=O)c2cccc3ccn(Cc4nc(C)cs4)c23)cc1. The van der Waals surface area contributed by atoms with E-state index in [1.807, 2.05) is 61.8 Å². The maximum atomic E-state index is 13.2. The zero-order valence-electron chi connectivity index (χ0n) is 17.6. The van der Waals surface area contributed by atoms with Crippen molar-refractivity contribution in [1.82, 2.24) is 14.9 Å². The van der Waals surface area contributed by atoms with Crippen molar-refractivity contribution in [2.45, 2.75) is 26.4 Å². The maximum absolute atomic E-state index is 13.2. The summed E-state index contributed by atoms with van der Waals surface area (Å²) in [7, 11) is 1.35. The second-order valence-corrected chi connectivity index (χ2v) is 8.32. The summed E-state index contributed by atoms with van der Waals surface area (Å²) in [5.74, 6) is -0.531. The van der Waals surface area contributed by atoms with Gasteiger partial charge in [0.25, 0.3) is 5.91 Å². The molecule has 2 aromatic heterocycles. The van der Waals surface area contributed by atoms with E-state index in [9.17, 15) is 9.59 Å². The molecule has 6 nitrogen and oxygen atoms in total. The minimum absolute atomic E-state index is 0.148. The minimum atomic E-state index is -0.383. The van der Waals surface area contributed by atoms with Crippen LogP contribution in [0.1, 0.15) is 49.9 Å². The molecule has 7 heteroatoms. The van der Waals surface area contributed by atoms with Crippen LogP contribution in [-0.2, 0) is 11.3 Å². The molecule has 0 aliphatic heterocycles.